The highest BCUT2D eigenvalue weighted by molar-refractivity contribution is 9.10. The van der Waals surface area contributed by atoms with E-state index in [0.717, 1.165) is 23.8 Å². The van der Waals surface area contributed by atoms with Gasteiger partial charge in [-0.25, -0.2) is 4.39 Å². The third kappa shape index (κ3) is 6.58. The van der Waals surface area contributed by atoms with Gasteiger partial charge < -0.3 is 19.9 Å². The van der Waals surface area contributed by atoms with Crippen LogP contribution < -0.4 is 14.8 Å². The predicted molar refractivity (Wildman–Crippen MR) is 133 cm³/mol. The van der Waals surface area contributed by atoms with Gasteiger partial charge in [0.2, 0.25) is 0 Å². The van der Waals surface area contributed by atoms with E-state index in [0.29, 0.717) is 28.1 Å². The third-order valence-corrected chi connectivity index (χ3v) is 5.33. The van der Waals surface area contributed by atoms with Crippen LogP contribution in [0.5, 0.6) is 17.2 Å². The number of carbonyl (C=O) groups is 1. The molecule has 36 heavy (non-hydrogen) atoms. The molecule has 2 N–H and O–H groups in total. The van der Waals surface area contributed by atoms with E-state index in [1.54, 1.807) is 37.3 Å². The molecule has 0 aliphatic heterocycles. The number of benzene rings is 3. The van der Waals surface area contributed by atoms with Gasteiger partial charge in [-0.05, 0) is 70.4 Å². The smallest absolute Gasteiger partial charge is 0.273 e. The summed E-state index contributed by atoms with van der Waals surface area (Å²) < 4.78 is 25.2. The van der Waals surface area contributed by atoms with Gasteiger partial charge in [0, 0.05) is 6.07 Å². The van der Waals surface area contributed by atoms with Gasteiger partial charge in [-0.3, -0.25) is 14.9 Å². The molecule has 0 spiro atoms. The number of rotatable bonds is 9. The lowest BCUT2D eigenvalue weighted by atomic mass is 10.1. The average Bonchev–Trinajstić information content (AvgIpc) is 2.84. The van der Waals surface area contributed by atoms with Crippen molar-refractivity contribution in [1.29, 1.82) is 5.26 Å². The summed E-state index contributed by atoms with van der Waals surface area (Å²) in [5.74, 6) is -0.957. The Balaban J connectivity index is 1.84. The van der Waals surface area contributed by atoms with Crippen LogP contribution in [0.3, 0.4) is 0 Å². The molecule has 0 saturated carbocycles. The lowest BCUT2D eigenvalue weighted by Gasteiger charge is -2.15. The number of amides is 1. The van der Waals surface area contributed by atoms with Crippen LogP contribution in [-0.2, 0) is 11.4 Å². The van der Waals surface area contributed by atoms with Crippen molar-refractivity contribution in [2.75, 3.05) is 11.9 Å². The second kappa shape index (κ2) is 11.8. The van der Waals surface area contributed by atoms with Gasteiger partial charge in [-0.2, -0.15) is 5.26 Å². The van der Waals surface area contributed by atoms with Gasteiger partial charge >= 0.3 is 0 Å². The molecule has 0 radical (unpaired) electrons. The van der Waals surface area contributed by atoms with Gasteiger partial charge in [-0.1, -0.05) is 12.1 Å². The number of halogens is 2. The maximum absolute atomic E-state index is 13.1. The number of anilines is 1. The summed E-state index contributed by atoms with van der Waals surface area (Å²) in [5.41, 5.74) is 0.456. The van der Waals surface area contributed by atoms with Crippen LogP contribution >= 0.6 is 15.9 Å². The van der Waals surface area contributed by atoms with Crippen LogP contribution in [0, 0.1) is 27.3 Å². The van der Waals surface area contributed by atoms with Gasteiger partial charge in [0.25, 0.3) is 11.6 Å². The monoisotopic (exact) mass is 555 g/mol. The first-order valence-corrected chi connectivity index (χ1v) is 11.2. The van der Waals surface area contributed by atoms with Crippen molar-refractivity contribution < 1.29 is 28.7 Å². The fourth-order valence-electron chi connectivity index (χ4n) is 3.05. The Kier molecular flexibility index (Phi) is 8.59. The number of nitrogens with one attached hydrogen (secondary N) is 1. The summed E-state index contributed by atoms with van der Waals surface area (Å²) in [4.78, 5) is 22.7. The molecular weight excluding hydrogens is 537 g/mol. The molecule has 9 nitrogen and oxygen atoms in total. The topological polar surface area (TPSA) is 135 Å². The normalized spacial score (nSPS) is 10.9. The summed E-state index contributed by atoms with van der Waals surface area (Å²) in [6, 6.07) is 14.0. The van der Waals surface area contributed by atoms with Crippen LogP contribution in [-0.4, -0.2) is 22.5 Å². The Morgan fingerprint density at radius 2 is 1.94 bits per heavy atom. The Bertz CT molecular complexity index is 1370. The predicted octanol–water partition coefficient (Wildman–Crippen LogP) is 5.73. The van der Waals surface area contributed by atoms with E-state index in [2.05, 4.69) is 21.2 Å². The second-order valence-electron chi connectivity index (χ2n) is 7.26. The molecule has 0 aliphatic carbocycles. The molecule has 184 valence electrons. The molecule has 0 saturated heterocycles. The summed E-state index contributed by atoms with van der Waals surface area (Å²) in [6.45, 7) is 2.25. The number of phenols is 1. The van der Waals surface area contributed by atoms with E-state index < -0.39 is 16.6 Å². The number of ether oxygens (including phenoxy) is 2. The zero-order valence-corrected chi connectivity index (χ0v) is 20.4. The first-order valence-electron chi connectivity index (χ1n) is 10.5. The van der Waals surface area contributed by atoms with Crippen LogP contribution in [0.15, 0.2) is 64.6 Å². The number of nitrogens with zero attached hydrogens (tertiary/aromatic N) is 2. The summed E-state index contributed by atoms with van der Waals surface area (Å²) in [7, 11) is 0. The lowest BCUT2D eigenvalue weighted by Crippen LogP contribution is -2.13. The van der Waals surface area contributed by atoms with E-state index in [-0.39, 0.29) is 29.4 Å². The zero-order chi connectivity index (χ0) is 26.2. The molecule has 0 atom stereocenters. The molecular formula is C25H19BrFN3O6. The van der Waals surface area contributed by atoms with E-state index in [1.165, 1.54) is 18.2 Å². The van der Waals surface area contributed by atoms with E-state index in [4.69, 9.17) is 9.47 Å². The maximum Gasteiger partial charge on any atom is 0.273 e. The number of aromatic hydroxyl groups is 1. The minimum absolute atomic E-state index is 0.0903. The molecule has 3 rings (SSSR count). The van der Waals surface area contributed by atoms with Gasteiger partial charge in [0.1, 0.15) is 29.8 Å². The molecule has 0 aliphatic rings. The van der Waals surface area contributed by atoms with Crippen molar-refractivity contribution in [1.82, 2.24) is 0 Å². The molecule has 0 fully saturated rings. The minimum Gasteiger partial charge on any atom is -0.506 e. The summed E-state index contributed by atoms with van der Waals surface area (Å²) in [5, 5.41) is 32.7. The van der Waals surface area contributed by atoms with Crippen molar-refractivity contribution in [3.05, 3.63) is 91.7 Å². The van der Waals surface area contributed by atoms with E-state index in [9.17, 15) is 29.7 Å². The Morgan fingerprint density at radius 3 is 2.56 bits per heavy atom. The van der Waals surface area contributed by atoms with Gasteiger partial charge in [0.15, 0.2) is 11.5 Å². The minimum atomic E-state index is -0.827. The van der Waals surface area contributed by atoms with Crippen LogP contribution in [0.4, 0.5) is 15.8 Å². The number of carbonyl (C=O) groups excluding carboxylic acids is 1. The Morgan fingerprint density at radius 1 is 1.22 bits per heavy atom. The molecule has 0 bridgehead atoms. The number of phenolic OH excluding ortho intramolecular Hbond substituents is 1. The first-order chi connectivity index (χ1) is 17.2. The number of nitro benzene ring substituents is 1. The lowest BCUT2D eigenvalue weighted by molar-refractivity contribution is -0.384. The number of hydrogen-bond donors (Lipinski definition) is 2. The second-order valence-corrected chi connectivity index (χ2v) is 8.11. The van der Waals surface area contributed by atoms with Crippen molar-refractivity contribution in [3.63, 3.8) is 0 Å². The number of hydrogen-bond acceptors (Lipinski definition) is 7. The van der Waals surface area contributed by atoms with Crippen LogP contribution in [0.1, 0.15) is 18.1 Å². The fraction of sp³-hybridized carbons (Fsp3) is 0.120. The summed E-state index contributed by atoms with van der Waals surface area (Å²) >= 11 is 3.42. The van der Waals surface area contributed by atoms with Crippen molar-refractivity contribution in [3.8, 4) is 23.3 Å². The highest BCUT2D eigenvalue weighted by atomic mass is 79.9. The van der Waals surface area contributed by atoms with Crippen molar-refractivity contribution in [2.24, 2.45) is 0 Å². The van der Waals surface area contributed by atoms with Crippen LogP contribution in [0.25, 0.3) is 6.08 Å². The van der Waals surface area contributed by atoms with Gasteiger partial charge in [0.05, 0.1) is 27.8 Å². The molecule has 0 aromatic heterocycles. The zero-order valence-electron chi connectivity index (χ0n) is 18.8. The van der Waals surface area contributed by atoms with Gasteiger partial charge in [-0.15, -0.1) is 0 Å². The standard InChI is InChI=1S/C25H19BrFN3O6/c1-2-35-23-11-16(10-20(26)24(23)36-14-15-3-5-18(27)6-4-15)9-17(13-28)25(32)29-21-8-7-19(30(33)34)12-22(21)31/h3-12,31H,2,14H2,1H3,(H,29,32)/b17-9-. The molecule has 0 unspecified atom stereocenters. The van der Waals surface area contributed by atoms with E-state index >= 15 is 0 Å². The quantitative estimate of drug-likeness (QED) is 0.113. The third-order valence-electron chi connectivity index (χ3n) is 4.74. The maximum atomic E-state index is 13.1. The number of non-ortho nitro benzene ring substituents is 1. The molecule has 11 heteroatoms. The summed E-state index contributed by atoms with van der Waals surface area (Å²) in [6.07, 6.45) is 1.31. The highest BCUT2D eigenvalue weighted by Gasteiger charge is 2.17. The number of nitriles is 1. The molecule has 1 amide bonds. The van der Waals surface area contributed by atoms with Crippen molar-refractivity contribution >= 4 is 39.3 Å². The van der Waals surface area contributed by atoms with Crippen molar-refractivity contribution in [2.45, 2.75) is 13.5 Å². The number of nitro groups is 1. The Labute approximate surface area is 213 Å². The molecule has 3 aromatic rings. The average molecular weight is 556 g/mol. The van der Waals surface area contributed by atoms with E-state index in [1.807, 2.05) is 0 Å². The first kappa shape index (κ1) is 26.2. The highest BCUT2D eigenvalue weighted by Crippen LogP contribution is 2.38. The fourth-order valence-corrected chi connectivity index (χ4v) is 3.63. The molecule has 3 aromatic carbocycles. The van der Waals surface area contributed by atoms with Crippen LogP contribution in [0.2, 0.25) is 0 Å². The molecule has 0 heterocycles. The Hall–Kier alpha value is -4.43. The largest absolute Gasteiger partial charge is 0.506 e. The SMILES string of the molecule is CCOc1cc(/C=C(/C#N)C(=O)Nc2ccc([N+](=O)[O-])cc2O)cc(Br)c1OCc1ccc(F)cc1.